The molecule has 7 heteroatoms. The fourth-order valence-corrected chi connectivity index (χ4v) is 2.95. The summed E-state index contributed by atoms with van der Waals surface area (Å²) in [5.74, 6) is -0.243. The highest BCUT2D eigenvalue weighted by Crippen LogP contribution is 2.32. The minimum absolute atomic E-state index is 0.0293. The number of nitro groups is 1. The topological polar surface area (TPSA) is 89.8 Å². The number of carbonyl (C=O) groups is 2. The standard InChI is InChI=1S/C18H16N2O5/c1-11(21)12-3-5-15-13(9-12)7-8-19(15)18(22)14-4-6-17(25-2)16(10-14)20(23)24/h3-6,9-10H,7-8H2,1-2H3. The van der Waals surface area contributed by atoms with E-state index < -0.39 is 4.92 Å². The molecule has 1 heterocycles. The Morgan fingerprint density at radius 3 is 2.52 bits per heavy atom. The van der Waals surface area contributed by atoms with Crippen molar-refractivity contribution in [3.63, 3.8) is 0 Å². The molecular weight excluding hydrogens is 324 g/mol. The second kappa shape index (κ2) is 6.35. The number of methoxy groups -OCH3 is 1. The van der Waals surface area contributed by atoms with E-state index in [0.717, 1.165) is 11.3 Å². The molecule has 0 fully saturated rings. The third kappa shape index (κ3) is 2.96. The largest absolute Gasteiger partial charge is 0.490 e. The van der Waals surface area contributed by atoms with Crippen LogP contribution in [0, 0.1) is 10.1 Å². The fourth-order valence-electron chi connectivity index (χ4n) is 2.95. The van der Waals surface area contributed by atoms with Crippen LogP contribution < -0.4 is 9.64 Å². The quantitative estimate of drug-likeness (QED) is 0.485. The van der Waals surface area contributed by atoms with Gasteiger partial charge in [0.25, 0.3) is 5.91 Å². The molecule has 0 bridgehead atoms. The number of hydrogen-bond donors (Lipinski definition) is 0. The van der Waals surface area contributed by atoms with E-state index in [1.165, 1.54) is 32.2 Å². The van der Waals surface area contributed by atoms with E-state index in [1.807, 2.05) is 0 Å². The first-order valence-electron chi connectivity index (χ1n) is 7.70. The highest BCUT2D eigenvalue weighted by atomic mass is 16.6. The first-order chi connectivity index (χ1) is 11.9. The first-order valence-corrected chi connectivity index (χ1v) is 7.70. The van der Waals surface area contributed by atoms with Crippen molar-refractivity contribution in [2.45, 2.75) is 13.3 Å². The van der Waals surface area contributed by atoms with Crippen LogP contribution in [0.2, 0.25) is 0 Å². The van der Waals surface area contributed by atoms with Crippen molar-refractivity contribution >= 4 is 23.1 Å². The lowest BCUT2D eigenvalue weighted by Crippen LogP contribution is -2.28. The van der Waals surface area contributed by atoms with Crippen molar-refractivity contribution in [2.75, 3.05) is 18.6 Å². The molecule has 0 aliphatic carbocycles. The SMILES string of the molecule is COc1ccc(C(=O)N2CCc3cc(C(C)=O)ccc32)cc1[N+](=O)[O-]. The molecule has 0 saturated heterocycles. The maximum atomic E-state index is 12.8. The van der Waals surface area contributed by atoms with E-state index >= 15 is 0 Å². The van der Waals surface area contributed by atoms with Crippen LogP contribution in [-0.2, 0) is 6.42 Å². The number of amides is 1. The predicted molar refractivity (Wildman–Crippen MR) is 91.5 cm³/mol. The van der Waals surface area contributed by atoms with Crippen molar-refractivity contribution in [1.82, 2.24) is 0 Å². The van der Waals surface area contributed by atoms with Crippen molar-refractivity contribution < 1.29 is 19.2 Å². The summed E-state index contributed by atoms with van der Waals surface area (Å²) >= 11 is 0. The number of nitrogens with zero attached hydrogens (tertiary/aromatic N) is 2. The van der Waals surface area contributed by atoms with Crippen molar-refractivity contribution in [2.24, 2.45) is 0 Å². The van der Waals surface area contributed by atoms with Gasteiger partial charge in [-0.1, -0.05) is 0 Å². The number of ether oxygens (including phenoxy) is 1. The van der Waals surface area contributed by atoms with Crippen LogP contribution in [0.5, 0.6) is 5.75 Å². The number of Topliss-reactive ketones (excluding diaryl/α,β-unsaturated/α-hetero) is 1. The second-order valence-corrected chi connectivity index (χ2v) is 5.75. The van der Waals surface area contributed by atoms with Gasteiger partial charge in [-0.15, -0.1) is 0 Å². The number of benzene rings is 2. The summed E-state index contributed by atoms with van der Waals surface area (Å²) in [5, 5.41) is 11.1. The molecule has 2 aromatic carbocycles. The first kappa shape index (κ1) is 16.6. The zero-order valence-corrected chi connectivity index (χ0v) is 13.8. The molecule has 7 nitrogen and oxygen atoms in total. The van der Waals surface area contributed by atoms with Gasteiger partial charge in [-0.25, -0.2) is 0 Å². The lowest BCUT2D eigenvalue weighted by atomic mass is 10.1. The Morgan fingerprint density at radius 1 is 1.16 bits per heavy atom. The summed E-state index contributed by atoms with van der Waals surface area (Å²) in [4.78, 5) is 36.4. The molecule has 0 unspecified atom stereocenters. The molecular formula is C18H16N2O5. The molecule has 0 spiro atoms. The van der Waals surface area contributed by atoms with Gasteiger partial charge in [0.1, 0.15) is 0 Å². The number of nitro benzene ring substituents is 1. The Morgan fingerprint density at radius 2 is 1.88 bits per heavy atom. The van der Waals surface area contributed by atoms with Crippen LogP contribution >= 0.6 is 0 Å². The van der Waals surface area contributed by atoms with E-state index in [1.54, 1.807) is 23.1 Å². The van der Waals surface area contributed by atoms with Gasteiger partial charge in [0.05, 0.1) is 12.0 Å². The number of anilines is 1. The third-order valence-corrected chi connectivity index (χ3v) is 4.25. The van der Waals surface area contributed by atoms with Gasteiger partial charge >= 0.3 is 5.69 Å². The Hall–Kier alpha value is -3.22. The molecule has 25 heavy (non-hydrogen) atoms. The van der Waals surface area contributed by atoms with Crippen molar-refractivity contribution in [3.05, 3.63) is 63.2 Å². The number of hydrogen-bond acceptors (Lipinski definition) is 5. The monoisotopic (exact) mass is 340 g/mol. The fraction of sp³-hybridized carbons (Fsp3) is 0.222. The van der Waals surface area contributed by atoms with Gasteiger partial charge in [0.2, 0.25) is 0 Å². The minimum Gasteiger partial charge on any atom is -0.490 e. The van der Waals surface area contributed by atoms with Crippen LogP contribution in [-0.4, -0.2) is 30.3 Å². The van der Waals surface area contributed by atoms with E-state index in [0.29, 0.717) is 18.5 Å². The van der Waals surface area contributed by atoms with E-state index in [-0.39, 0.29) is 28.7 Å². The average Bonchev–Trinajstić information content (AvgIpc) is 3.03. The average molecular weight is 340 g/mol. The molecule has 0 radical (unpaired) electrons. The molecule has 0 aromatic heterocycles. The molecule has 2 aromatic rings. The Balaban J connectivity index is 1.95. The smallest absolute Gasteiger partial charge is 0.311 e. The van der Waals surface area contributed by atoms with Crippen molar-refractivity contribution in [3.8, 4) is 5.75 Å². The molecule has 1 aliphatic rings. The number of rotatable bonds is 4. The molecule has 1 aliphatic heterocycles. The maximum Gasteiger partial charge on any atom is 0.311 e. The van der Waals surface area contributed by atoms with Gasteiger partial charge in [-0.05, 0) is 49.2 Å². The normalized spacial score (nSPS) is 12.6. The highest BCUT2D eigenvalue weighted by molar-refractivity contribution is 6.08. The summed E-state index contributed by atoms with van der Waals surface area (Å²) in [6, 6.07) is 9.37. The second-order valence-electron chi connectivity index (χ2n) is 5.75. The van der Waals surface area contributed by atoms with Gasteiger partial charge < -0.3 is 9.64 Å². The third-order valence-electron chi connectivity index (χ3n) is 4.25. The van der Waals surface area contributed by atoms with Crippen molar-refractivity contribution in [1.29, 1.82) is 0 Å². The predicted octanol–water partition coefficient (Wildman–Crippen LogP) is 3.01. The van der Waals surface area contributed by atoms with Crippen LogP contribution in [0.1, 0.15) is 33.2 Å². The van der Waals surface area contributed by atoms with E-state index in [4.69, 9.17) is 4.74 Å². The minimum atomic E-state index is -0.577. The molecule has 0 atom stereocenters. The van der Waals surface area contributed by atoms with Crippen LogP contribution in [0.4, 0.5) is 11.4 Å². The van der Waals surface area contributed by atoms with Crippen LogP contribution in [0.25, 0.3) is 0 Å². The Labute approximate surface area is 144 Å². The van der Waals surface area contributed by atoms with Crippen LogP contribution in [0.3, 0.4) is 0 Å². The number of fused-ring (bicyclic) bond motifs is 1. The van der Waals surface area contributed by atoms with Gasteiger partial charge in [0, 0.05) is 29.4 Å². The van der Waals surface area contributed by atoms with Gasteiger partial charge in [-0.2, -0.15) is 0 Å². The van der Waals surface area contributed by atoms with Gasteiger partial charge in [-0.3, -0.25) is 19.7 Å². The summed E-state index contributed by atoms with van der Waals surface area (Å²) < 4.78 is 4.96. The summed E-state index contributed by atoms with van der Waals surface area (Å²) in [6.07, 6.45) is 0.639. The number of carbonyl (C=O) groups excluding carboxylic acids is 2. The lowest BCUT2D eigenvalue weighted by Gasteiger charge is -2.17. The Kier molecular flexibility index (Phi) is 4.22. The van der Waals surface area contributed by atoms with Crippen LogP contribution in [0.15, 0.2) is 36.4 Å². The molecule has 0 saturated carbocycles. The molecule has 3 rings (SSSR count). The molecule has 0 N–H and O–H groups in total. The maximum absolute atomic E-state index is 12.8. The van der Waals surface area contributed by atoms with E-state index in [2.05, 4.69) is 0 Å². The zero-order valence-electron chi connectivity index (χ0n) is 13.8. The highest BCUT2D eigenvalue weighted by Gasteiger charge is 2.28. The summed E-state index contributed by atoms with van der Waals surface area (Å²) in [6.45, 7) is 1.96. The Bertz CT molecular complexity index is 891. The summed E-state index contributed by atoms with van der Waals surface area (Å²) in [7, 11) is 1.34. The number of ketones is 1. The van der Waals surface area contributed by atoms with Gasteiger partial charge in [0.15, 0.2) is 11.5 Å². The lowest BCUT2D eigenvalue weighted by molar-refractivity contribution is -0.385. The van der Waals surface area contributed by atoms with E-state index in [9.17, 15) is 19.7 Å². The molecule has 1 amide bonds. The molecule has 128 valence electrons. The zero-order chi connectivity index (χ0) is 18.1. The summed E-state index contributed by atoms with van der Waals surface area (Å²) in [5.41, 5.74) is 2.22.